The number of hydrogen-bond acceptors (Lipinski definition) is 6. The molecule has 0 aliphatic heterocycles. The number of carbonyl (C=O) groups is 1. The van der Waals surface area contributed by atoms with Crippen molar-refractivity contribution < 1.29 is 36.6 Å². The van der Waals surface area contributed by atoms with Crippen LogP contribution in [0, 0.1) is 0 Å². The third-order valence-corrected chi connectivity index (χ3v) is 3.95. The molecule has 0 N–H and O–H groups in total. The first-order valence-corrected chi connectivity index (χ1v) is 8.81. The van der Waals surface area contributed by atoms with Crippen LogP contribution in [0.3, 0.4) is 0 Å². The summed E-state index contributed by atoms with van der Waals surface area (Å²) < 4.78 is 61.0. The fraction of sp³-hybridized carbons (Fsp3) is 0.238. The van der Waals surface area contributed by atoms with E-state index in [1.165, 1.54) is 49.6 Å². The van der Waals surface area contributed by atoms with E-state index >= 15 is 0 Å². The van der Waals surface area contributed by atoms with Gasteiger partial charge in [-0.05, 0) is 50.2 Å². The number of alkyl halides is 3. The van der Waals surface area contributed by atoms with Gasteiger partial charge >= 0.3 is 12.1 Å². The van der Waals surface area contributed by atoms with Crippen molar-refractivity contribution in [2.24, 2.45) is 0 Å². The Morgan fingerprint density at radius 2 is 1.67 bits per heavy atom. The van der Waals surface area contributed by atoms with Crippen LogP contribution in [-0.4, -0.2) is 19.2 Å². The Labute approximate surface area is 168 Å². The van der Waals surface area contributed by atoms with Crippen molar-refractivity contribution in [2.75, 3.05) is 7.11 Å². The van der Waals surface area contributed by atoms with Crippen molar-refractivity contribution in [3.8, 4) is 17.2 Å². The molecule has 1 aromatic heterocycles. The van der Waals surface area contributed by atoms with Gasteiger partial charge in [0.25, 0.3) is 5.76 Å². The number of methoxy groups -OCH3 is 1. The van der Waals surface area contributed by atoms with Crippen LogP contribution < -0.4 is 14.9 Å². The number of benzene rings is 2. The average molecular weight is 422 g/mol. The van der Waals surface area contributed by atoms with Crippen LogP contribution in [0.1, 0.15) is 30.0 Å². The lowest BCUT2D eigenvalue weighted by molar-refractivity contribution is -0.154. The molecule has 0 bridgehead atoms. The van der Waals surface area contributed by atoms with E-state index in [9.17, 15) is 22.8 Å². The maximum absolute atomic E-state index is 13.6. The molecule has 1 heterocycles. The zero-order chi connectivity index (χ0) is 22.1. The van der Waals surface area contributed by atoms with Gasteiger partial charge in [-0.3, -0.25) is 4.79 Å². The summed E-state index contributed by atoms with van der Waals surface area (Å²) in [5.41, 5.74) is -1.10. The minimum atomic E-state index is -4.98. The van der Waals surface area contributed by atoms with Crippen molar-refractivity contribution in [2.45, 2.75) is 26.1 Å². The molecule has 0 saturated heterocycles. The minimum absolute atomic E-state index is 0.0837. The number of esters is 1. The Balaban J connectivity index is 2.09. The molecule has 3 rings (SSSR count). The first-order valence-electron chi connectivity index (χ1n) is 8.81. The molecule has 0 saturated carbocycles. The Hall–Kier alpha value is -3.49. The monoisotopic (exact) mass is 422 g/mol. The zero-order valence-electron chi connectivity index (χ0n) is 16.2. The molecule has 30 heavy (non-hydrogen) atoms. The fourth-order valence-corrected chi connectivity index (χ4v) is 2.68. The Morgan fingerprint density at radius 3 is 2.23 bits per heavy atom. The quantitative estimate of drug-likeness (QED) is 0.528. The SMILES string of the molecule is COC(=O)c1ccc(Oc2c(C(F)(F)F)oc3cc(OC(C)C)ccc3c2=O)cc1. The van der Waals surface area contributed by atoms with Crippen molar-refractivity contribution in [1.82, 2.24) is 0 Å². The summed E-state index contributed by atoms with van der Waals surface area (Å²) in [6.45, 7) is 3.51. The molecule has 0 aliphatic carbocycles. The molecule has 0 fully saturated rings. The predicted octanol–water partition coefficient (Wildman–Crippen LogP) is 5.18. The number of hydrogen-bond donors (Lipinski definition) is 0. The molecule has 3 aromatic rings. The first kappa shape index (κ1) is 21.2. The van der Waals surface area contributed by atoms with Gasteiger partial charge in [0, 0.05) is 6.07 Å². The molecule has 0 aliphatic rings. The van der Waals surface area contributed by atoms with Crippen molar-refractivity contribution in [3.63, 3.8) is 0 Å². The second-order valence-electron chi connectivity index (χ2n) is 6.53. The molecule has 158 valence electrons. The van der Waals surface area contributed by atoms with Crippen LogP contribution in [0.25, 0.3) is 11.0 Å². The highest BCUT2D eigenvalue weighted by Gasteiger charge is 2.40. The summed E-state index contributed by atoms with van der Waals surface area (Å²) in [5.74, 6) is -3.01. The van der Waals surface area contributed by atoms with Crippen molar-refractivity contribution >= 4 is 16.9 Å². The highest BCUT2D eigenvalue weighted by atomic mass is 19.4. The summed E-state index contributed by atoms with van der Waals surface area (Å²) in [6.07, 6.45) is -5.20. The van der Waals surface area contributed by atoms with Crippen LogP contribution in [0.2, 0.25) is 0 Å². The lowest BCUT2D eigenvalue weighted by Gasteiger charge is -2.14. The molecule has 6 nitrogen and oxygen atoms in total. The summed E-state index contributed by atoms with van der Waals surface area (Å²) >= 11 is 0. The minimum Gasteiger partial charge on any atom is -0.491 e. The third-order valence-electron chi connectivity index (χ3n) is 3.95. The van der Waals surface area contributed by atoms with Crippen LogP contribution in [0.4, 0.5) is 13.2 Å². The molecule has 0 atom stereocenters. The van der Waals surface area contributed by atoms with E-state index in [0.717, 1.165) is 0 Å². The van der Waals surface area contributed by atoms with E-state index in [1.54, 1.807) is 13.8 Å². The van der Waals surface area contributed by atoms with Crippen molar-refractivity contribution in [3.05, 3.63) is 64.0 Å². The standard InChI is InChI=1S/C21H17F3O6/c1-11(2)28-14-8-9-15-16(10-14)30-19(21(22,23)24)18(17(15)25)29-13-6-4-12(5-7-13)20(26)27-3/h4-11H,1-3H3. The van der Waals surface area contributed by atoms with E-state index in [-0.39, 0.29) is 34.1 Å². The number of fused-ring (bicyclic) bond motifs is 1. The molecule has 2 aromatic carbocycles. The van der Waals surface area contributed by atoms with Gasteiger partial charge in [-0.2, -0.15) is 13.2 Å². The lowest BCUT2D eigenvalue weighted by atomic mass is 10.2. The number of carbonyl (C=O) groups excluding carboxylic acids is 1. The van der Waals surface area contributed by atoms with Gasteiger partial charge in [-0.15, -0.1) is 0 Å². The number of rotatable bonds is 5. The normalized spacial score (nSPS) is 11.6. The maximum atomic E-state index is 13.6. The second kappa shape index (κ2) is 8.10. The van der Waals surface area contributed by atoms with Gasteiger partial charge in [0.2, 0.25) is 11.2 Å². The van der Waals surface area contributed by atoms with E-state index in [0.29, 0.717) is 0 Å². The summed E-state index contributed by atoms with van der Waals surface area (Å²) in [5, 5.41) is -0.0970. The highest BCUT2D eigenvalue weighted by molar-refractivity contribution is 5.89. The molecule has 0 radical (unpaired) electrons. The Kier molecular flexibility index (Phi) is 5.73. The molecule has 0 amide bonds. The smallest absolute Gasteiger partial charge is 0.453 e. The van der Waals surface area contributed by atoms with Crippen LogP contribution >= 0.6 is 0 Å². The predicted molar refractivity (Wildman–Crippen MR) is 101 cm³/mol. The van der Waals surface area contributed by atoms with Crippen LogP contribution in [-0.2, 0) is 10.9 Å². The van der Waals surface area contributed by atoms with Crippen molar-refractivity contribution in [1.29, 1.82) is 0 Å². The topological polar surface area (TPSA) is 75.0 Å². The zero-order valence-corrected chi connectivity index (χ0v) is 16.2. The van der Waals surface area contributed by atoms with Gasteiger partial charge < -0.3 is 18.6 Å². The maximum Gasteiger partial charge on any atom is 0.453 e. The van der Waals surface area contributed by atoms with Gasteiger partial charge in [0.15, 0.2) is 0 Å². The summed E-state index contributed by atoms with van der Waals surface area (Å²) in [4.78, 5) is 24.2. The fourth-order valence-electron chi connectivity index (χ4n) is 2.68. The summed E-state index contributed by atoms with van der Waals surface area (Å²) in [6, 6.07) is 9.08. The molecule has 9 heteroatoms. The first-order chi connectivity index (χ1) is 14.1. The van der Waals surface area contributed by atoms with E-state index in [1.807, 2.05) is 0 Å². The highest BCUT2D eigenvalue weighted by Crippen LogP contribution is 2.38. The number of ether oxygens (including phenoxy) is 3. The molecule has 0 unspecified atom stereocenters. The summed E-state index contributed by atoms with van der Waals surface area (Å²) in [7, 11) is 1.19. The second-order valence-corrected chi connectivity index (χ2v) is 6.53. The van der Waals surface area contributed by atoms with Gasteiger partial charge in [0.1, 0.15) is 17.1 Å². The molecule has 0 spiro atoms. The largest absolute Gasteiger partial charge is 0.491 e. The number of halogens is 3. The van der Waals surface area contributed by atoms with E-state index in [4.69, 9.17) is 13.9 Å². The molecular weight excluding hydrogens is 405 g/mol. The lowest BCUT2D eigenvalue weighted by Crippen LogP contribution is -2.15. The van der Waals surface area contributed by atoms with Gasteiger partial charge in [0.05, 0.1) is 24.2 Å². The average Bonchev–Trinajstić information content (AvgIpc) is 2.68. The van der Waals surface area contributed by atoms with E-state index in [2.05, 4.69) is 4.74 Å². The Bertz CT molecular complexity index is 1130. The van der Waals surface area contributed by atoms with Crippen LogP contribution in [0.15, 0.2) is 51.7 Å². The molecular formula is C21H17F3O6. The van der Waals surface area contributed by atoms with Gasteiger partial charge in [-0.25, -0.2) is 4.79 Å². The van der Waals surface area contributed by atoms with Gasteiger partial charge in [-0.1, -0.05) is 0 Å². The third kappa shape index (κ3) is 4.40. The van der Waals surface area contributed by atoms with E-state index < -0.39 is 29.1 Å². The Morgan fingerprint density at radius 1 is 1.03 bits per heavy atom. The van der Waals surface area contributed by atoms with Crippen LogP contribution in [0.5, 0.6) is 17.2 Å².